The van der Waals surface area contributed by atoms with Gasteiger partial charge in [-0.1, -0.05) is 0 Å². The summed E-state index contributed by atoms with van der Waals surface area (Å²) < 4.78 is 82.9. The Morgan fingerprint density at radius 3 is 2.50 bits per heavy atom. The van der Waals surface area contributed by atoms with E-state index in [2.05, 4.69) is 0 Å². The quantitative estimate of drug-likeness (QED) is 0.400. The van der Waals surface area contributed by atoms with E-state index in [1.807, 2.05) is 0 Å². The fourth-order valence-electron chi connectivity index (χ4n) is 3.44. The lowest BCUT2D eigenvalue weighted by molar-refractivity contribution is -0.237. The number of aliphatic carboxylic acids is 1. The first-order valence-corrected chi connectivity index (χ1v) is 10.5. The lowest BCUT2D eigenvalue weighted by Gasteiger charge is -2.28. The molecule has 0 radical (unpaired) electrons. The van der Waals surface area contributed by atoms with Crippen LogP contribution in [-0.4, -0.2) is 46.5 Å². The number of thiophene rings is 1. The van der Waals surface area contributed by atoms with E-state index in [1.165, 1.54) is 20.1 Å². The Hall–Kier alpha value is -2.41. The van der Waals surface area contributed by atoms with Gasteiger partial charge < -0.3 is 14.7 Å². The highest BCUT2D eigenvalue weighted by atomic mass is 32.2. The van der Waals surface area contributed by atoms with Gasteiger partial charge in [-0.15, -0.1) is 11.3 Å². The molecule has 3 rings (SSSR count). The summed E-state index contributed by atoms with van der Waals surface area (Å²) >= 11 is -0.290. The monoisotopic (exact) mass is 499 g/mol. The summed E-state index contributed by atoms with van der Waals surface area (Å²) in [5.74, 6) is -2.73. The van der Waals surface area contributed by atoms with Crippen molar-refractivity contribution in [2.75, 3.05) is 7.11 Å². The fourth-order valence-corrected chi connectivity index (χ4v) is 5.37. The minimum absolute atomic E-state index is 0.106. The van der Waals surface area contributed by atoms with Crippen LogP contribution in [0.25, 0.3) is 0 Å². The van der Waals surface area contributed by atoms with Gasteiger partial charge in [-0.05, 0) is 48.0 Å². The van der Waals surface area contributed by atoms with Crippen molar-refractivity contribution in [3.63, 3.8) is 0 Å². The lowest BCUT2D eigenvalue weighted by atomic mass is 9.92. The third-order valence-corrected chi connectivity index (χ3v) is 7.05. The number of allylic oxidation sites excluding steroid dienone is 2. The average molecular weight is 499 g/mol. The van der Waals surface area contributed by atoms with E-state index in [1.54, 1.807) is 0 Å². The molecule has 0 aromatic carbocycles. The number of carbonyl (C=O) groups excluding carboxylic acids is 1. The van der Waals surface area contributed by atoms with Crippen LogP contribution in [0, 0.1) is 0 Å². The van der Waals surface area contributed by atoms with Crippen LogP contribution in [0.15, 0.2) is 50.8 Å². The number of carbonyl (C=O) groups is 2. The van der Waals surface area contributed by atoms with Gasteiger partial charge in [0.1, 0.15) is 5.83 Å². The van der Waals surface area contributed by atoms with Crippen molar-refractivity contribution < 1.29 is 45.8 Å². The number of alkyl halides is 5. The van der Waals surface area contributed by atoms with E-state index in [-0.39, 0.29) is 28.3 Å². The molecule has 1 aliphatic heterocycles. The number of fused-ring (bicyclic) bond motifs is 1. The van der Waals surface area contributed by atoms with Gasteiger partial charge in [0.2, 0.25) is 0 Å². The number of amides is 1. The van der Waals surface area contributed by atoms with E-state index in [0.29, 0.717) is 16.9 Å². The fraction of sp³-hybridized carbons (Fsp3) is 0.368. The number of halogens is 6. The van der Waals surface area contributed by atoms with Crippen molar-refractivity contribution in [1.82, 2.24) is 4.90 Å². The summed E-state index contributed by atoms with van der Waals surface area (Å²) in [7, 11) is 1.24. The molecule has 2 heterocycles. The van der Waals surface area contributed by atoms with E-state index in [4.69, 9.17) is 4.74 Å². The minimum Gasteiger partial charge on any atom is -0.494 e. The maximum atomic E-state index is 14.4. The standard InChI is InChI=1S/C19H15F6NO4S2/c1-8-9(6-15(27)28)10-5-13(30-2)11(20)7-12(10)26(8)17(29)14-3-4-16(31-14)32-19(24,25)18(21,22)23/h3-5,12H,6-7H2,1-2H3,(H,27,28). The molecule has 2 aliphatic rings. The first kappa shape index (κ1) is 24.2. The summed E-state index contributed by atoms with van der Waals surface area (Å²) in [6, 6.07) is 1.17. The van der Waals surface area contributed by atoms with Crippen molar-refractivity contribution in [3.05, 3.63) is 51.5 Å². The zero-order valence-corrected chi connectivity index (χ0v) is 18.1. The first-order chi connectivity index (χ1) is 14.8. The van der Waals surface area contributed by atoms with Crippen LogP contribution in [0.3, 0.4) is 0 Å². The van der Waals surface area contributed by atoms with E-state index < -0.39 is 57.6 Å². The van der Waals surface area contributed by atoms with Crippen molar-refractivity contribution >= 4 is 35.0 Å². The molecule has 0 bridgehead atoms. The second kappa shape index (κ2) is 8.50. The lowest BCUT2D eigenvalue weighted by Crippen LogP contribution is -2.36. The van der Waals surface area contributed by atoms with Crippen molar-refractivity contribution in [3.8, 4) is 0 Å². The van der Waals surface area contributed by atoms with Crippen molar-refractivity contribution in [2.45, 2.75) is 41.4 Å². The second-order valence-corrected chi connectivity index (χ2v) is 9.34. The molecule has 13 heteroatoms. The molecule has 1 unspecified atom stereocenters. The van der Waals surface area contributed by atoms with Gasteiger partial charge in [0.25, 0.3) is 5.91 Å². The van der Waals surface area contributed by atoms with Gasteiger partial charge in [0, 0.05) is 12.1 Å². The van der Waals surface area contributed by atoms with E-state index in [9.17, 15) is 41.0 Å². The Morgan fingerprint density at radius 2 is 1.94 bits per heavy atom. The summed E-state index contributed by atoms with van der Waals surface area (Å²) in [5.41, 5.74) is 0.862. The number of hydrogen-bond acceptors (Lipinski definition) is 5. The molecule has 1 aromatic heterocycles. The van der Waals surface area contributed by atoms with E-state index >= 15 is 0 Å². The predicted octanol–water partition coefficient (Wildman–Crippen LogP) is 5.73. The predicted molar refractivity (Wildman–Crippen MR) is 104 cm³/mol. The van der Waals surface area contributed by atoms with Crippen molar-refractivity contribution in [1.29, 1.82) is 0 Å². The molecule has 1 aromatic rings. The number of carboxylic acids is 1. The molecule has 0 fully saturated rings. The molecule has 1 aliphatic carbocycles. The Balaban J connectivity index is 1.94. The zero-order chi connectivity index (χ0) is 24.0. The third-order valence-electron chi connectivity index (χ3n) is 4.86. The summed E-state index contributed by atoms with van der Waals surface area (Å²) in [4.78, 5) is 25.4. The Labute approximate surface area is 186 Å². The van der Waals surface area contributed by atoms with Crippen LogP contribution in [0.1, 0.15) is 29.4 Å². The van der Waals surface area contributed by atoms with Crippen LogP contribution in [0.5, 0.6) is 0 Å². The number of hydrogen-bond donors (Lipinski definition) is 1. The van der Waals surface area contributed by atoms with Gasteiger partial charge >= 0.3 is 17.4 Å². The number of ether oxygens (including phenoxy) is 1. The summed E-state index contributed by atoms with van der Waals surface area (Å²) in [6.45, 7) is 1.46. The summed E-state index contributed by atoms with van der Waals surface area (Å²) in [6.07, 6.45) is -5.23. The number of nitrogens with zero attached hydrogens (tertiary/aromatic N) is 1. The highest BCUT2D eigenvalue weighted by molar-refractivity contribution is 8.02. The highest BCUT2D eigenvalue weighted by Crippen LogP contribution is 2.50. The molecule has 1 N–H and O–H groups in total. The normalized spacial score (nSPS) is 19.3. The highest BCUT2D eigenvalue weighted by Gasteiger charge is 2.58. The third kappa shape index (κ3) is 4.40. The molecular formula is C19H15F6NO4S2. The molecule has 174 valence electrons. The van der Waals surface area contributed by atoms with Gasteiger partial charge in [-0.3, -0.25) is 9.59 Å². The van der Waals surface area contributed by atoms with Crippen LogP contribution < -0.4 is 0 Å². The molecule has 1 atom stereocenters. The Kier molecular flexibility index (Phi) is 6.44. The van der Waals surface area contributed by atoms with Gasteiger partial charge in [0.05, 0.1) is 28.7 Å². The first-order valence-electron chi connectivity index (χ1n) is 8.90. The average Bonchev–Trinajstić information content (AvgIpc) is 3.22. The molecule has 5 nitrogen and oxygen atoms in total. The molecule has 1 amide bonds. The maximum absolute atomic E-state index is 14.4. The number of thioether (sulfide) groups is 1. The maximum Gasteiger partial charge on any atom is 0.464 e. The largest absolute Gasteiger partial charge is 0.494 e. The molecule has 0 saturated carbocycles. The van der Waals surface area contributed by atoms with Crippen molar-refractivity contribution in [2.24, 2.45) is 0 Å². The molecular weight excluding hydrogens is 484 g/mol. The zero-order valence-electron chi connectivity index (χ0n) is 16.4. The number of methoxy groups -OCH3 is 1. The minimum atomic E-state index is -5.77. The topological polar surface area (TPSA) is 66.8 Å². The van der Waals surface area contributed by atoms with Crippen LogP contribution in [0.4, 0.5) is 26.3 Å². The summed E-state index contributed by atoms with van der Waals surface area (Å²) in [5, 5.41) is 4.19. The van der Waals surface area contributed by atoms with Crippen LogP contribution in [-0.2, 0) is 9.53 Å². The SMILES string of the molecule is COC1=C(F)CC2C(=C1)C(CC(=O)O)=C(C)N2C(=O)c1ccc(SC(F)(F)C(F)(F)F)s1. The van der Waals surface area contributed by atoms with Crippen LogP contribution in [0.2, 0.25) is 0 Å². The number of rotatable bonds is 6. The Bertz CT molecular complexity index is 1060. The van der Waals surface area contributed by atoms with Crippen LogP contribution >= 0.6 is 23.1 Å². The second-order valence-electron chi connectivity index (χ2n) is 6.84. The van der Waals surface area contributed by atoms with Gasteiger partial charge in [-0.25, -0.2) is 4.39 Å². The number of carboxylic acid groups (broad SMARTS) is 1. The van der Waals surface area contributed by atoms with Gasteiger partial charge in [-0.2, -0.15) is 22.0 Å². The molecule has 32 heavy (non-hydrogen) atoms. The molecule has 0 saturated heterocycles. The van der Waals surface area contributed by atoms with E-state index in [0.717, 1.165) is 17.0 Å². The molecule has 0 spiro atoms. The Morgan fingerprint density at radius 1 is 1.28 bits per heavy atom. The van der Waals surface area contributed by atoms with Gasteiger partial charge in [0.15, 0.2) is 5.76 Å². The smallest absolute Gasteiger partial charge is 0.464 e.